The van der Waals surface area contributed by atoms with Crippen LogP contribution in [0.2, 0.25) is 0 Å². The minimum absolute atomic E-state index is 0.00607. The van der Waals surface area contributed by atoms with E-state index in [1.807, 2.05) is 13.8 Å². The van der Waals surface area contributed by atoms with E-state index >= 15 is 0 Å². The van der Waals surface area contributed by atoms with Crippen LogP contribution in [0.5, 0.6) is 11.5 Å². The molecule has 2 aromatic rings. The summed E-state index contributed by atoms with van der Waals surface area (Å²) < 4.78 is 10.5. The largest absolute Gasteiger partial charge is 0.497 e. The van der Waals surface area contributed by atoms with Crippen molar-refractivity contribution in [2.45, 2.75) is 45.2 Å². The zero-order valence-electron chi connectivity index (χ0n) is 20.9. The SMILES string of the molecule is CC[C@H](C)NC(=O)[C@H](NC(=O)c1cccc(OC)c1)C1CCN(C(=O)c2cccc(OC)c2)CC1. The number of ether oxygens (including phenoxy) is 2. The quantitative estimate of drug-likeness (QED) is 0.573. The number of methoxy groups -OCH3 is 2. The smallest absolute Gasteiger partial charge is 0.253 e. The average molecular weight is 482 g/mol. The Morgan fingerprint density at radius 3 is 2.09 bits per heavy atom. The van der Waals surface area contributed by atoms with E-state index in [1.54, 1.807) is 67.7 Å². The van der Waals surface area contributed by atoms with Crippen molar-refractivity contribution in [3.63, 3.8) is 0 Å². The van der Waals surface area contributed by atoms with Crippen LogP contribution in [0.3, 0.4) is 0 Å². The van der Waals surface area contributed by atoms with E-state index in [1.165, 1.54) is 0 Å². The summed E-state index contributed by atoms with van der Waals surface area (Å²) in [7, 11) is 3.11. The van der Waals surface area contributed by atoms with E-state index in [-0.39, 0.29) is 29.7 Å². The molecule has 2 N–H and O–H groups in total. The van der Waals surface area contributed by atoms with Gasteiger partial charge in [0.05, 0.1) is 14.2 Å². The number of hydrogen-bond donors (Lipinski definition) is 2. The Hall–Kier alpha value is -3.55. The van der Waals surface area contributed by atoms with Crippen LogP contribution in [0.25, 0.3) is 0 Å². The number of hydrogen-bond acceptors (Lipinski definition) is 5. The molecule has 188 valence electrons. The van der Waals surface area contributed by atoms with Gasteiger partial charge in [-0.1, -0.05) is 19.1 Å². The first kappa shape index (κ1) is 26.1. The molecule has 8 heteroatoms. The maximum Gasteiger partial charge on any atom is 0.253 e. The Kier molecular flexibility index (Phi) is 9.11. The number of carbonyl (C=O) groups excluding carboxylic acids is 3. The fourth-order valence-electron chi connectivity index (χ4n) is 4.20. The molecule has 35 heavy (non-hydrogen) atoms. The first-order valence-electron chi connectivity index (χ1n) is 12.0. The topological polar surface area (TPSA) is 97.0 Å². The van der Waals surface area contributed by atoms with Gasteiger partial charge in [0.15, 0.2) is 0 Å². The molecule has 1 aliphatic rings. The van der Waals surface area contributed by atoms with E-state index in [9.17, 15) is 14.4 Å². The Balaban J connectivity index is 1.71. The monoisotopic (exact) mass is 481 g/mol. The molecule has 0 bridgehead atoms. The summed E-state index contributed by atoms with van der Waals surface area (Å²) in [5.41, 5.74) is 0.997. The number of amides is 3. The van der Waals surface area contributed by atoms with Crippen LogP contribution >= 0.6 is 0 Å². The molecule has 0 radical (unpaired) electrons. The number of carbonyl (C=O) groups is 3. The third kappa shape index (κ3) is 6.74. The molecule has 1 aliphatic heterocycles. The number of benzene rings is 2. The van der Waals surface area contributed by atoms with Crippen molar-refractivity contribution in [3.8, 4) is 11.5 Å². The van der Waals surface area contributed by atoms with E-state index in [0.717, 1.165) is 6.42 Å². The Bertz CT molecular complexity index is 1030. The molecule has 2 atom stereocenters. The van der Waals surface area contributed by atoms with Crippen molar-refractivity contribution in [2.24, 2.45) is 5.92 Å². The van der Waals surface area contributed by atoms with Gasteiger partial charge in [0.1, 0.15) is 17.5 Å². The highest BCUT2D eigenvalue weighted by molar-refractivity contribution is 5.98. The normalized spacial score (nSPS) is 15.6. The van der Waals surface area contributed by atoms with Gasteiger partial charge in [-0.25, -0.2) is 0 Å². The molecule has 3 rings (SSSR count). The Labute approximate surface area is 207 Å². The molecule has 1 fully saturated rings. The second-order valence-electron chi connectivity index (χ2n) is 8.86. The molecule has 8 nitrogen and oxygen atoms in total. The third-order valence-corrected chi connectivity index (χ3v) is 6.52. The van der Waals surface area contributed by atoms with E-state index in [4.69, 9.17) is 9.47 Å². The van der Waals surface area contributed by atoms with Crippen LogP contribution < -0.4 is 20.1 Å². The first-order valence-corrected chi connectivity index (χ1v) is 12.0. The van der Waals surface area contributed by atoms with Gasteiger partial charge < -0.3 is 25.0 Å². The first-order chi connectivity index (χ1) is 16.9. The molecule has 0 saturated carbocycles. The van der Waals surface area contributed by atoms with Crippen molar-refractivity contribution >= 4 is 17.7 Å². The van der Waals surface area contributed by atoms with E-state index in [2.05, 4.69) is 10.6 Å². The third-order valence-electron chi connectivity index (χ3n) is 6.52. The lowest BCUT2D eigenvalue weighted by molar-refractivity contribution is -0.125. The zero-order valence-corrected chi connectivity index (χ0v) is 20.9. The summed E-state index contributed by atoms with van der Waals surface area (Å²) >= 11 is 0. The summed E-state index contributed by atoms with van der Waals surface area (Å²) in [5, 5.41) is 5.95. The molecule has 3 amide bonds. The number of likely N-dealkylation sites (tertiary alicyclic amines) is 1. The van der Waals surface area contributed by atoms with Gasteiger partial charge in [0, 0.05) is 30.3 Å². The van der Waals surface area contributed by atoms with Crippen molar-refractivity contribution in [3.05, 3.63) is 59.7 Å². The summed E-state index contributed by atoms with van der Waals surface area (Å²) in [6, 6.07) is 13.2. The number of nitrogens with zero attached hydrogens (tertiary/aromatic N) is 1. The van der Waals surface area contributed by atoms with E-state index in [0.29, 0.717) is 48.6 Å². The standard InChI is InChI=1S/C27H35N3O5/c1-5-18(2)28-26(32)24(29-25(31)20-8-6-10-22(16-20)34-3)19-12-14-30(15-13-19)27(33)21-9-7-11-23(17-21)35-4/h6-11,16-19,24H,5,12-15H2,1-4H3,(H,28,32)(H,29,31)/t18-,24+/m0/s1. The van der Waals surface area contributed by atoms with Gasteiger partial charge in [-0.2, -0.15) is 0 Å². The molecule has 1 saturated heterocycles. The Morgan fingerprint density at radius 1 is 0.943 bits per heavy atom. The van der Waals surface area contributed by atoms with Gasteiger partial charge in [-0.15, -0.1) is 0 Å². The Morgan fingerprint density at radius 2 is 1.51 bits per heavy atom. The van der Waals surface area contributed by atoms with Crippen molar-refractivity contribution in [1.29, 1.82) is 0 Å². The van der Waals surface area contributed by atoms with Crippen LogP contribution in [-0.2, 0) is 4.79 Å². The summed E-state index contributed by atoms with van der Waals surface area (Å²) in [6.07, 6.45) is 2.00. The number of nitrogens with one attached hydrogen (secondary N) is 2. The summed E-state index contributed by atoms with van der Waals surface area (Å²) in [6.45, 7) is 4.94. The lowest BCUT2D eigenvalue weighted by Gasteiger charge is -2.36. The van der Waals surface area contributed by atoms with Gasteiger partial charge in [-0.3, -0.25) is 14.4 Å². The molecule has 0 spiro atoms. The molecule has 2 aromatic carbocycles. The van der Waals surface area contributed by atoms with Crippen molar-refractivity contribution < 1.29 is 23.9 Å². The predicted molar refractivity (Wildman–Crippen MR) is 134 cm³/mol. The molecule has 0 aliphatic carbocycles. The number of rotatable bonds is 9. The maximum absolute atomic E-state index is 13.2. The minimum atomic E-state index is -0.697. The lowest BCUT2D eigenvalue weighted by atomic mass is 9.88. The van der Waals surface area contributed by atoms with E-state index < -0.39 is 6.04 Å². The summed E-state index contributed by atoms with van der Waals surface area (Å²) in [5.74, 6) is 0.512. The minimum Gasteiger partial charge on any atom is -0.497 e. The van der Waals surface area contributed by atoms with Crippen molar-refractivity contribution in [1.82, 2.24) is 15.5 Å². The van der Waals surface area contributed by atoms with Crippen LogP contribution in [0.15, 0.2) is 48.5 Å². The van der Waals surface area contributed by atoms with Crippen molar-refractivity contribution in [2.75, 3.05) is 27.3 Å². The average Bonchev–Trinajstić information content (AvgIpc) is 2.91. The predicted octanol–water partition coefficient (Wildman–Crippen LogP) is 3.27. The van der Waals surface area contributed by atoms with Gasteiger partial charge in [0.2, 0.25) is 5.91 Å². The van der Waals surface area contributed by atoms with Crippen LogP contribution in [0, 0.1) is 5.92 Å². The zero-order chi connectivity index (χ0) is 25.4. The van der Waals surface area contributed by atoms with Crippen LogP contribution in [0.1, 0.15) is 53.8 Å². The highest BCUT2D eigenvalue weighted by atomic mass is 16.5. The molecule has 1 heterocycles. The molecule has 0 aromatic heterocycles. The summed E-state index contributed by atoms with van der Waals surface area (Å²) in [4.78, 5) is 41.0. The molecule has 0 unspecified atom stereocenters. The van der Waals surface area contributed by atoms with Crippen LogP contribution in [0.4, 0.5) is 0 Å². The highest BCUT2D eigenvalue weighted by Crippen LogP contribution is 2.24. The molecular formula is C27H35N3O5. The lowest BCUT2D eigenvalue weighted by Crippen LogP contribution is -2.55. The van der Waals surface area contributed by atoms with Gasteiger partial charge in [0.25, 0.3) is 11.8 Å². The van der Waals surface area contributed by atoms with Gasteiger partial charge in [-0.05, 0) is 68.5 Å². The second-order valence-corrected chi connectivity index (χ2v) is 8.86. The maximum atomic E-state index is 13.2. The second kappa shape index (κ2) is 12.2. The fourth-order valence-corrected chi connectivity index (χ4v) is 4.20. The highest BCUT2D eigenvalue weighted by Gasteiger charge is 2.34. The van der Waals surface area contributed by atoms with Crippen LogP contribution in [-0.4, -0.2) is 62.0 Å². The fraction of sp³-hybridized carbons (Fsp3) is 0.444. The van der Waals surface area contributed by atoms with Gasteiger partial charge >= 0.3 is 0 Å². The molecular weight excluding hydrogens is 446 g/mol. The number of piperidine rings is 1.